The number of rotatable bonds is 0. The van der Waals surface area contributed by atoms with Gasteiger partial charge in [-0.15, -0.1) is 0 Å². The first-order valence-corrected chi connectivity index (χ1v) is 4.30. The second kappa shape index (κ2) is 1.97. The normalized spacial score (nSPS) is 60.3. The van der Waals surface area contributed by atoms with Crippen molar-refractivity contribution in [1.82, 2.24) is 0 Å². The highest BCUT2D eigenvalue weighted by Crippen LogP contribution is 2.46. The van der Waals surface area contributed by atoms with Gasteiger partial charge in [0, 0.05) is 5.92 Å². The fourth-order valence-electron chi connectivity index (χ4n) is 2.58. The SMILES string of the molecule is OC1C[C@@H]2CO[C@@H]3OC1C[C@H]23. The molecule has 2 bridgehead atoms. The molecule has 2 heterocycles. The van der Waals surface area contributed by atoms with Crippen LogP contribution in [-0.2, 0) is 9.47 Å². The fourth-order valence-corrected chi connectivity index (χ4v) is 2.58. The van der Waals surface area contributed by atoms with Gasteiger partial charge in [0.2, 0.25) is 0 Å². The molecule has 3 aliphatic rings. The topological polar surface area (TPSA) is 38.7 Å². The number of aliphatic hydroxyl groups is 1. The summed E-state index contributed by atoms with van der Waals surface area (Å²) >= 11 is 0. The number of aliphatic hydroxyl groups excluding tert-OH is 1. The first kappa shape index (κ1) is 6.40. The summed E-state index contributed by atoms with van der Waals surface area (Å²) < 4.78 is 10.9. The highest BCUT2D eigenvalue weighted by molar-refractivity contribution is 4.96. The standard InChI is InChI=1S/C8H12O3/c9-6-1-4-3-10-8-5(4)2-7(6)11-8/h4-9H,1-3H2/t4-,5-,6?,7?,8-/m1/s1. The first-order valence-electron chi connectivity index (χ1n) is 4.30. The van der Waals surface area contributed by atoms with Gasteiger partial charge < -0.3 is 14.6 Å². The second-order valence-electron chi connectivity index (χ2n) is 3.84. The van der Waals surface area contributed by atoms with Crippen LogP contribution in [0.1, 0.15) is 12.8 Å². The average Bonchev–Trinajstić information content (AvgIpc) is 2.46. The highest BCUT2D eigenvalue weighted by atomic mass is 16.7. The monoisotopic (exact) mass is 156 g/mol. The van der Waals surface area contributed by atoms with Crippen LogP contribution < -0.4 is 0 Å². The van der Waals surface area contributed by atoms with Gasteiger partial charge in [-0.05, 0) is 18.8 Å². The Kier molecular flexibility index (Phi) is 1.15. The number of fused-ring (bicyclic) bond motifs is 1. The van der Waals surface area contributed by atoms with Crippen LogP contribution in [-0.4, -0.2) is 30.2 Å². The molecule has 2 saturated heterocycles. The van der Waals surface area contributed by atoms with Gasteiger partial charge in [0.05, 0.1) is 18.8 Å². The van der Waals surface area contributed by atoms with Crippen molar-refractivity contribution in [3.05, 3.63) is 0 Å². The van der Waals surface area contributed by atoms with Crippen LogP contribution in [0.4, 0.5) is 0 Å². The summed E-state index contributed by atoms with van der Waals surface area (Å²) in [5.41, 5.74) is 0. The van der Waals surface area contributed by atoms with Gasteiger partial charge in [0.15, 0.2) is 6.29 Å². The van der Waals surface area contributed by atoms with E-state index >= 15 is 0 Å². The molecule has 0 spiro atoms. The molecule has 0 amide bonds. The Morgan fingerprint density at radius 2 is 2.18 bits per heavy atom. The summed E-state index contributed by atoms with van der Waals surface area (Å²) in [6.45, 7) is 0.791. The van der Waals surface area contributed by atoms with Gasteiger partial charge in [0.25, 0.3) is 0 Å². The maximum atomic E-state index is 9.54. The lowest BCUT2D eigenvalue weighted by Crippen LogP contribution is -2.34. The molecule has 0 aromatic rings. The van der Waals surface area contributed by atoms with Crippen molar-refractivity contribution in [3.63, 3.8) is 0 Å². The predicted molar refractivity (Wildman–Crippen MR) is 36.8 cm³/mol. The quantitative estimate of drug-likeness (QED) is 0.541. The zero-order valence-corrected chi connectivity index (χ0v) is 6.27. The van der Waals surface area contributed by atoms with Crippen LogP contribution in [0.3, 0.4) is 0 Å². The van der Waals surface area contributed by atoms with E-state index in [9.17, 15) is 5.11 Å². The fraction of sp³-hybridized carbons (Fsp3) is 1.00. The van der Waals surface area contributed by atoms with E-state index in [2.05, 4.69) is 0 Å². The van der Waals surface area contributed by atoms with Gasteiger partial charge >= 0.3 is 0 Å². The lowest BCUT2D eigenvalue weighted by Gasteiger charge is -2.27. The molecule has 2 unspecified atom stereocenters. The second-order valence-corrected chi connectivity index (χ2v) is 3.84. The molecular formula is C8H12O3. The van der Waals surface area contributed by atoms with Crippen molar-refractivity contribution >= 4 is 0 Å². The van der Waals surface area contributed by atoms with Crippen molar-refractivity contribution < 1.29 is 14.6 Å². The van der Waals surface area contributed by atoms with Crippen molar-refractivity contribution in [3.8, 4) is 0 Å². The van der Waals surface area contributed by atoms with E-state index in [0.717, 1.165) is 19.4 Å². The maximum Gasteiger partial charge on any atom is 0.161 e. The number of hydrogen-bond donors (Lipinski definition) is 1. The molecule has 5 atom stereocenters. The van der Waals surface area contributed by atoms with Gasteiger partial charge in [-0.2, -0.15) is 0 Å². The van der Waals surface area contributed by atoms with Crippen molar-refractivity contribution in [2.75, 3.05) is 6.61 Å². The predicted octanol–water partition coefficient (Wildman–Crippen LogP) is 0.129. The summed E-state index contributed by atoms with van der Waals surface area (Å²) in [5, 5.41) is 9.54. The molecule has 0 aromatic carbocycles. The van der Waals surface area contributed by atoms with Crippen LogP contribution in [0.25, 0.3) is 0 Å². The first-order chi connectivity index (χ1) is 5.34. The third kappa shape index (κ3) is 0.736. The molecule has 1 saturated carbocycles. The minimum absolute atomic E-state index is 0.0159. The van der Waals surface area contributed by atoms with E-state index in [1.807, 2.05) is 0 Å². The molecule has 3 fully saturated rings. The van der Waals surface area contributed by atoms with E-state index in [0.29, 0.717) is 11.8 Å². The van der Waals surface area contributed by atoms with Gasteiger partial charge in [0.1, 0.15) is 0 Å². The highest BCUT2D eigenvalue weighted by Gasteiger charge is 2.52. The lowest BCUT2D eigenvalue weighted by molar-refractivity contribution is -0.146. The third-order valence-corrected chi connectivity index (χ3v) is 3.22. The van der Waals surface area contributed by atoms with Crippen LogP contribution in [0.5, 0.6) is 0 Å². The molecule has 62 valence electrons. The largest absolute Gasteiger partial charge is 0.390 e. The molecule has 2 aliphatic heterocycles. The Labute approximate surface area is 65.3 Å². The van der Waals surface area contributed by atoms with Crippen molar-refractivity contribution in [1.29, 1.82) is 0 Å². The minimum Gasteiger partial charge on any atom is -0.390 e. The summed E-state index contributed by atoms with van der Waals surface area (Å²) in [4.78, 5) is 0. The molecule has 3 nitrogen and oxygen atoms in total. The van der Waals surface area contributed by atoms with E-state index in [4.69, 9.17) is 9.47 Å². The zero-order valence-electron chi connectivity index (χ0n) is 6.27. The Hall–Kier alpha value is -0.120. The molecule has 0 aromatic heterocycles. The summed E-state index contributed by atoms with van der Waals surface area (Å²) in [7, 11) is 0. The summed E-state index contributed by atoms with van der Waals surface area (Å²) in [6.07, 6.45) is 1.75. The molecular weight excluding hydrogens is 144 g/mol. The number of hydrogen-bond acceptors (Lipinski definition) is 3. The Balaban J connectivity index is 1.92. The van der Waals surface area contributed by atoms with Gasteiger partial charge in [-0.1, -0.05) is 0 Å². The van der Waals surface area contributed by atoms with Gasteiger partial charge in [-0.25, -0.2) is 0 Å². The third-order valence-electron chi connectivity index (χ3n) is 3.22. The summed E-state index contributed by atoms with van der Waals surface area (Å²) in [6, 6.07) is 0. The van der Waals surface area contributed by atoms with Crippen molar-refractivity contribution in [2.45, 2.75) is 31.3 Å². The van der Waals surface area contributed by atoms with Crippen LogP contribution in [0.2, 0.25) is 0 Å². The van der Waals surface area contributed by atoms with Gasteiger partial charge in [-0.3, -0.25) is 0 Å². The molecule has 3 rings (SSSR count). The smallest absolute Gasteiger partial charge is 0.161 e. The molecule has 0 radical (unpaired) electrons. The number of ether oxygens (including phenoxy) is 2. The lowest BCUT2D eigenvalue weighted by atomic mass is 9.80. The summed E-state index contributed by atoms with van der Waals surface area (Å²) in [5.74, 6) is 1.15. The molecule has 1 N–H and O–H groups in total. The zero-order chi connectivity index (χ0) is 7.42. The molecule has 1 aliphatic carbocycles. The minimum atomic E-state index is -0.231. The van der Waals surface area contributed by atoms with E-state index in [1.165, 1.54) is 0 Å². The van der Waals surface area contributed by atoms with Crippen molar-refractivity contribution in [2.24, 2.45) is 11.8 Å². The van der Waals surface area contributed by atoms with E-state index < -0.39 is 0 Å². The maximum absolute atomic E-state index is 9.54. The Bertz CT molecular complexity index is 180. The average molecular weight is 156 g/mol. The Morgan fingerprint density at radius 3 is 3.09 bits per heavy atom. The van der Waals surface area contributed by atoms with Crippen LogP contribution >= 0.6 is 0 Å². The molecule has 3 heteroatoms. The van der Waals surface area contributed by atoms with Crippen LogP contribution in [0, 0.1) is 11.8 Å². The molecule has 11 heavy (non-hydrogen) atoms. The Morgan fingerprint density at radius 1 is 1.27 bits per heavy atom. The van der Waals surface area contributed by atoms with Crippen LogP contribution in [0.15, 0.2) is 0 Å². The van der Waals surface area contributed by atoms with E-state index in [1.54, 1.807) is 0 Å². The van der Waals surface area contributed by atoms with E-state index in [-0.39, 0.29) is 18.5 Å².